The van der Waals surface area contributed by atoms with E-state index in [4.69, 9.17) is 34.0 Å². The molecule has 2 N–H and O–H groups in total. The van der Waals surface area contributed by atoms with Gasteiger partial charge in [-0.2, -0.15) is 14.6 Å². The van der Waals surface area contributed by atoms with Crippen LogP contribution in [0.1, 0.15) is 24.1 Å². The second-order valence-electron chi connectivity index (χ2n) is 7.80. The van der Waals surface area contributed by atoms with Crippen molar-refractivity contribution < 1.29 is 0 Å². The lowest BCUT2D eigenvalue weighted by atomic mass is 9.91. The van der Waals surface area contributed by atoms with Gasteiger partial charge >= 0.3 is 0 Å². The summed E-state index contributed by atoms with van der Waals surface area (Å²) in [6.45, 7) is 0. The predicted octanol–water partition coefficient (Wildman–Crippen LogP) is 5.31. The van der Waals surface area contributed by atoms with Gasteiger partial charge in [0, 0.05) is 22.6 Å². The second-order valence-corrected chi connectivity index (χ2v) is 8.58. The zero-order chi connectivity index (χ0) is 21.2. The van der Waals surface area contributed by atoms with E-state index in [1.54, 1.807) is 10.6 Å². The molecule has 31 heavy (non-hydrogen) atoms. The van der Waals surface area contributed by atoms with E-state index in [9.17, 15) is 0 Å². The summed E-state index contributed by atoms with van der Waals surface area (Å²) in [7, 11) is 0. The number of anilines is 1. The first-order valence-electron chi connectivity index (χ1n) is 9.88. The number of aromatic nitrogens is 5. The summed E-state index contributed by atoms with van der Waals surface area (Å²) in [5.74, 6) is 0.721. The van der Waals surface area contributed by atoms with E-state index in [2.05, 4.69) is 39.2 Å². The maximum absolute atomic E-state index is 6.43. The third kappa shape index (κ3) is 2.79. The SMILES string of the molecule is Nc1nc2ncc(C3(c4ccc5ncccc5c4)CC3)n2nc1-c1cccc(Cl)c1Cl. The van der Waals surface area contributed by atoms with Crippen LogP contribution in [-0.2, 0) is 5.41 Å². The van der Waals surface area contributed by atoms with Gasteiger partial charge in [0.1, 0.15) is 5.69 Å². The molecule has 0 radical (unpaired) electrons. The van der Waals surface area contributed by atoms with Crippen molar-refractivity contribution in [3.63, 3.8) is 0 Å². The molecule has 152 valence electrons. The van der Waals surface area contributed by atoms with Crippen LogP contribution in [-0.4, -0.2) is 24.6 Å². The van der Waals surface area contributed by atoms with Gasteiger partial charge in [0.15, 0.2) is 5.82 Å². The van der Waals surface area contributed by atoms with Crippen LogP contribution in [0.15, 0.2) is 60.9 Å². The lowest BCUT2D eigenvalue weighted by Gasteiger charge is -2.16. The summed E-state index contributed by atoms with van der Waals surface area (Å²) < 4.78 is 1.78. The first kappa shape index (κ1) is 18.5. The third-order valence-corrected chi connectivity index (χ3v) is 6.80. The maximum Gasteiger partial charge on any atom is 0.252 e. The highest BCUT2D eigenvalue weighted by Crippen LogP contribution is 2.53. The molecule has 0 saturated heterocycles. The molecule has 1 aliphatic rings. The number of imidazole rings is 1. The summed E-state index contributed by atoms with van der Waals surface area (Å²) in [6, 6.07) is 15.8. The summed E-state index contributed by atoms with van der Waals surface area (Å²) in [5, 5.41) is 6.76. The van der Waals surface area contributed by atoms with Crippen molar-refractivity contribution in [3.05, 3.63) is 82.2 Å². The standard InChI is InChI=1S/C23H16Cl2N6/c24-16-5-1-4-15(19(16)25)20-21(26)29-22-28-12-18(31(22)30-20)23(8-9-23)14-6-7-17-13(11-14)3-2-10-27-17/h1-7,10-12H,8-9H2,(H2,26,28,29). The van der Waals surface area contributed by atoms with Gasteiger partial charge in [-0.3, -0.25) is 4.98 Å². The van der Waals surface area contributed by atoms with Crippen LogP contribution in [0.5, 0.6) is 0 Å². The molecule has 6 nitrogen and oxygen atoms in total. The second kappa shape index (κ2) is 6.64. The van der Waals surface area contributed by atoms with Crippen molar-refractivity contribution in [2.75, 3.05) is 5.73 Å². The van der Waals surface area contributed by atoms with Crippen LogP contribution in [0.2, 0.25) is 10.0 Å². The van der Waals surface area contributed by atoms with Crippen LogP contribution in [0, 0.1) is 0 Å². The Hall–Kier alpha value is -3.22. The van der Waals surface area contributed by atoms with Crippen molar-refractivity contribution in [2.45, 2.75) is 18.3 Å². The number of nitrogens with zero attached hydrogens (tertiary/aromatic N) is 5. The number of benzene rings is 2. The molecule has 0 spiro atoms. The number of rotatable bonds is 3. The molecular formula is C23H16Cl2N6. The van der Waals surface area contributed by atoms with Gasteiger partial charge in [0.25, 0.3) is 5.78 Å². The maximum atomic E-state index is 6.43. The molecule has 1 aliphatic carbocycles. The molecule has 0 atom stereocenters. The van der Waals surface area contributed by atoms with Crippen molar-refractivity contribution in [1.82, 2.24) is 24.6 Å². The molecule has 0 amide bonds. The van der Waals surface area contributed by atoms with Gasteiger partial charge in [0.2, 0.25) is 0 Å². The molecular weight excluding hydrogens is 431 g/mol. The minimum absolute atomic E-state index is 0.163. The van der Waals surface area contributed by atoms with Crippen LogP contribution < -0.4 is 5.73 Å². The van der Waals surface area contributed by atoms with Crippen LogP contribution >= 0.6 is 23.2 Å². The molecule has 6 rings (SSSR count). The number of pyridine rings is 1. The van der Waals surface area contributed by atoms with Crippen LogP contribution in [0.3, 0.4) is 0 Å². The van der Waals surface area contributed by atoms with Crippen molar-refractivity contribution >= 4 is 45.7 Å². The number of halogens is 2. The normalized spacial score (nSPS) is 14.9. The smallest absolute Gasteiger partial charge is 0.252 e. The van der Waals surface area contributed by atoms with Gasteiger partial charge in [-0.15, -0.1) is 0 Å². The molecule has 0 bridgehead atoms. The number of nitrogen functional groups attached to an aromatic ring is 1. The minimum Gasteiger partial charge on any atom is -0.382 e. The lowest BCUT2D eigenvalue weighted by molar-refractivity contribution is 0.740. The highest BCUT2D eigenvalue weighted by Gasteiger charge is 2.48. The first-order valence-corrected chi connectivity index (χ1v) is 10.6. The quantitative estimate of drug-likeness (QED) is 0.406. The Morgan fingerprint density at radius 3 is 2.71 bits per heavy atom. The number of fused-ring (bicyclic) bond motifs is 2. The molecule has 0 unspecified atom stereocenters. The van der Waals surface area contributed by atoms with E-state index in [0.29, 0.717) is 27.1 Å². The highest BCUT2D eigenvalue weighted by molar-refractivity contribution is 6.43. The van der Waals surface area contributed by atoms with Crippen molar-refractivity contribution in [3.8, 4) is 11.3 Å². The number of hydrogen-bond acceptors (Lipinski definition) is 5. The molecule has 1 fully saturated rings. The van der Waals surface area contributed by atoms with Gasteiger partial charge in [-0.25, -0.2) is 4.98 Å². The number of nitrogens with two attached hydrogens (primary N) is 1. The summed E-state index contributed by atoms with van der Waals surface area (Å²) in [4.78, 5) is 13.4. The molecule has 0 aliphatic heterocycles. The fourth-order valence-corrected chi connectivity index (χ4v) is 4.61. The fourth-order valence-electron chi connectivity index (χ4n) is 4.22. The lowest BCUT2D eigenvalue weighted by Crippen LogP contribution is -2.15. The predicted molar refractivity (Wildman–Crippen MR) is 122 cm³/mol. The Kier molecular flexibility index (Phi) is 3.97. The Bertz CT molecular complexity index is 1490. The Balaban J connectivity index is 1.54. The Morgan fingerprint density at radius 1 is 1.00 bits per heavy atom. The van der Waals surface area contributed by atoms with E-state index < -0.39 is 0 Å². The van der Waals surface area contributed by atoms with Gasteiger partial charge in [-0.05, 0) is 42.7 Å². The zero-order valence-corrected chi connectivity index (χ0v) is 17.8. The topological polar surface area (TPSA) is 82.0 Å². The highest BCUT2D eigenvalue weighted by atomic mass is 35.5. The fraction of sp³-hybridized carbons (Fsp3) is 0.130. The Morgan fingerprint density at radius 2 is 1.87 bits per heavy atom. The van der Waals surface area contributed by atoms with Gasteiger partial charge in [0.05, 0.1) is 27.5 Å². The average Bonchev–Trinajstić information content (AvgIpc) is 3.49. The molecule has 3 heterocycles. The summed E-state index contributed by atoms with van der Waals surface area (Å²) >= 11 is 12.6. The molecule has 2 aromatic carbocycles. The molecule has 3 aromatic heterocycles. The van der Waals surface area contributed by atoms with E-state index in [-0.39, 0.29) is 11.2 Å². The minimum atomic E-state index is -0.163. The zero-order valence-electron chi connectivity index (χ0n) is 16.3. The molecule has 5 aromatic rings. The van der Waals surface area contributed by atoms with E-state index >= 15 is 0 Å². The first-order chi connectivity index (χ1) is 15.1. The van der Waals surface area contributed by atoms with E-state index in [1.807, 2.05) is 30.6 Å². The summed E-state index contributed by atoms with van der Waals surface area (Å²) in [6.07, 6.45) is 5.66. The number of hydrogen-bond donors (Lipinski definition) is 1. The van der Waals surface area contributed by atoms with Crippen LogP contribution in [0.25, 0.3) is 27.9 Å². The van der Waals surface area contributed by atoms with Crippen LogP contribution in [0.4, 0.5) is 5.82 Å². The third-order valence-electron chi connectivity index (χ3n) is 5.99. The largest absolute Gasteiger partial charge is 0.382 e. The Labute approximate surface area is 187 Å². The molecule has 1 saturated carbocycles. The average molecular weight is 447 g/mol. The van der Waals surface area contributed by atoms with E-state index in [0.717, 1.165) is 29.4 Å². The van der Waals surface area contributed by atoms with Crippen molar-refractivity contribution in [2.24, 2.45) is 0 Å². The van der Waals surface area contributed by atoms with E-state index in [1.165, 1.54) is 5.56 Å². The summed E-state index contributed by atoms with van der Waals surface area (Å²) in [5.41, 5.74) is 10.4. The monoisotopic (exact) mass is 446 g/mol. The van der Waals surface area contributed by atoms with Crippen molar-refractivity contribution in [1.29, 1.82) is 0 Å². The molecule has 8 heteroatoms. The van der Waals surface area contributed by atoms with Gasteiger partial charge in [-0.1, -0.05) is 47.5 Å². The van der Waals surface area contributed by atoms with Gasteiger partial charge < -0.3 is 5.73 Å².